The van der Waals surface area contributed by atoms with E-state index in [9.17, 15) is 8.78 Å². The summed E-state index contributed by atoms with van der Waals surface area (Å²) < 4.78 is 31.5. The van der Waals surface area contributed by atoms with Crippen molar-refractivity contribution in [2.45, 2.75) is 31.7 Å². The molecule has 2 N–H and O–H groups in total. The lowest BCUT2D eigenvalue weighted by Crippen LogP contribution is -2.37. The molecule has 0 aliphatic carbocycles. The van der Waals surface area contributed by atoms with Crippen LogP contribution < -0.4 is 10.1 Å². The highest BCUT2D eigenvalue weighted by molar-refractivity contribution is 5.40. The normalized spacial score (nSPS) is 16.0. The Hall–Kier alpha value is -1.20. The van der Waals surface area contributed by atoms with Crippen molar-refractivity contribution in [3.05, 3.63) is 29.3 Å². The summed E-state index contributed by atoms with van der Waals surface area (Å²) in [6.07, 6.45) is 1.58. The Labute approximate surface area is 111 Å². The lowest BCUT2D eigenvalue weighted by Gasteiger charge is -2.21. The van der Waals surface area contributed by atoms with Crippen LogP contribution in [0.3, 0.4) is 0 Å². The Morgan fingerprint density at radius 3 is 2.95 bits per heavy atom. The summed E-state index contributed by atoms with van der Waals surface area (Å²) in [5.41, 5.74) is 2.12. The standard InChI is InChI=1S/C14H19F2NO2/c1-2-12(17-8-14(15,16)9-18)10-3-4-13-11(7-10)5-6-19-13/h3-4,7,12,17-18H,2,5-6,8-9H2,1H3. The van der Waals surface area contributed by atoms with Crippen LogP contribution in [0.5, 0.6) is 5.75 Å². The zero-order valence-electron chi connectivity index (χ0n) is 11.0. The maximum Gasteiger partial charge on any atom is 0.282 e. The number of aliphatic hydroxyl groups excluding tert-OH is 1. The van der Waals surface area contributed by atoms with Crippen molar-refractivity contribution in [2.75, 3.05) is 19.8 Å². The van der Waals surface area contributed by atoms with E-state index in [4.69, 9.17) is 9.84 Å². The third kappa shape index (κ3) is 3.42. The molecule has 0 saturated carbocycles. The average Bonchev–Trinajstić information content (AvgIpc) is 2.87. The van der Waals surface area contributed by atoms with Gasteiger partial charge in [0.05, 0.1) is 13.2 Å². The van der Waals surface area contributed by atoms with Crippen LogP contribution >= 0.6 is 0 Å². The summed E-state index contributed by atoms with van der Waals surface area (Å²) in [4.78, 5) is 0. The van der Waals surface area contributed by atoms with Crippen LogP contribution in [0.1, 0.15) is 30.5 Å². The Kier molecular flexibility index (Phi) is 4.37. The number of ether oxygens (including phenoxy) is 1. The summed E-state index contributed by atoms with van der Waals surface area (Å²) in [5, 5.41) is 11.4. The Morgan fingerprint density at radius 1 is 1.47 bits per heavy atom. The molecule has 0 aromatic heterocycles. The number of fused-ring (bicyclic) bond motifs is 1. The fourth-order valence-corrected chi connectivity index (χ4v) is 2.25. The number of hydrogen-bond donors (Lipinski definition) is 2. The average molecular weight is 271 g/mol. The van der Waals surface area contributed by atoms with Gasteiger partial charge in [-0.3, -0.25) is 0 Å². The predicted octanol–water partition coefficient (Wildman–Crippen LogP) is 2.29. The van der Waals surface area contributed by atoms with Crippen LogP contribution in [0.15, 0.2) is 18.2 Å². The topological polar surface area (TPSA) is 41.5 Å². The second-order valence-corrected chi connectivity index (χ2v) is 4.82. The molecule has 0 spiro atoms. The molecule has 1 aliphatic heterocycles. The molecule has 5 heteroatoms. The van der Waals surface area contributed by atoms with Gasteiger partial charge in [0.25, 0.3) is 5.92 Å². The minimum absolute atomic E-state index is 0.136. The number of rotatable bonds is 6. The molecule has 106 valence electrons. The summed E-state index contributed by atoms with van der Waals surface area (Å²) in [6, 6.07) is 5.68. The van der Waals surface area contributed by atoms with Crippen molar-refractivity contribution in [1.82, 2.24) is 5.32 Å². The van der Waals surface area contributed by atoms with Crippen molar-refractivity contribution < 1.29 is 18.6 Å². The van der Waals surface area contributed by atoms with Crippen LogP contribution in [-0.4, -0.2) is 30.8 Å². The SMILES string of the molecule is CCC(NCC(F)(F)CO)c1ccc2c(c1)CCO2. The van der Waals surface area contributed by atoms with Gasteiger partial charge in [0.2, 0.25) is 0 Å². The van der Waals surface area contributed by atoms with Gasteiger partial charge in [-0.25, -0.2) is 8.78 Å². The first-order chi connectivity index (χ1) is 9.05. The summed E-state index contributed by atoms with van der Waals surface area (Å²) in [5.74, 6) is -2.19. The van der Waals surface area contributed by atoms with E-state index in [0.29, 0.717) is 13.0 Å². The number of hydrogen-bond acceptors (Lipinski definition) is 3. The molecule has 0 amide bonds. The van der Waals surface area contributed by atoms with E-state index >= 15 is 0 Å². The first kappa shape index (κ1) is 14.2. The molecule has 0 saturated heterocycles. The zero-order chi connectivity index (χ0) is 13.9. The second kappa shape index (κ2) is 5.84. The van der Waals surface area contributed by atoms with Crippen molar-refractivity contribution in [2.24, 2.45) is 0 Å². The minimum Gasteiger partial charge on any atom is -0.493 e. The monoisotopic (exact) mass is 271 g/mol. The maximum absolute atomic E-state index is 13.1. The maximum atomic E-state index is 13.1. The summed E-state index contributed by atoms with van der Waals surface area (Å²) in [7, 11) is 0. The predicted molar refractivity (Wildman–Crippen MR) is 68.7 cm³/mol. The van der Waals surface area contributed by atoms with Gasteiger partial charge in [0.15, 0.2) is 0 Å². The first-order valence-electron chi connectivity index (χ1n) is 6.53. The van der Waals surface area contributed by atoms with Crippen molar-refractivity contribution in [3.63, 3.8) is 0 Å². The lowest BCUT2D eigenvalue weighted by atomic mass is 10.0. The molecule has 3 nitrogen and oxygen atoms in total. The van der Waals surface area contributed by atoms with Crippen LogP contribution in [0.25, 0.3) is 0 Å². The molecule has 1 aliphatic rings. The number of alkyl halides is 2. The van der Waals surface area contributed by atoms with E-state index in [1.54, 1.807) is 0 Å². The third-order valence-electron chi connectivity index (χ3n) is 3.36. The largest absolute Gasteiger partial charge is 0.493 e. The van der Waals surface area contributed by atoms with E-state index in [0.717, 1.165) is 23.3 Å². The highest BCUT2D eigenvalue weighted by Crippen LogP contribution is 2.29. The van der Waals surface area contributed by atoms with Gasteiger partial charge >= 0.3 is 0 Å². The minimum atomic E-state index is -3.08. The second-order valence-electron chi connectivity index (χ2n) is 4.82. The van der Waals surface area contributed by atoms with E-state index in [1.165, 1.54) is 0 Å². The molecular formula is C14H19F2NO2. The van der Waals surface area contributed by atoms with Gasteiger partial charge in [-0.1, -0.05) is 19.1 Å². The van der Waals surface area contributed by atoms with Crippen LogP contribution in [0.2, 0.25) is 0 Å². The van der Waals surface area contributed by atoms with E-state index in [1.807, 2.05) is 25.1 Å². The zero-order valence-corrected chi connectivity index (χ0v) is 11.0. The molecule has 1 heterocycles. The van der Waals surface area contributed by atoms with Crippen LogP contribution in [0, 0.1) is 0 Å². The smallest absolute Gasteiger partial charge is 0.282 e. The van der Waals surface area contributed by atoms with Gasteiger partial charge in [-0.2, -0.15) is 0 Å². The van der Waals surface area contributed by atoms with Crippen molar-refractivity contribution in [1.29, 1.82) is 0 Å². The van der Waals surface area contributed by atoms with Crippen LogP contribution in [0.4, 0.5) is 8.78 Å². The Balaban J connectivity index is 2.05. The lowest BCUT2D eigenvalue weighted by molar-refractivity contribution is -0.0494. The van der Waals surface area contributed by atoms with Gasteiger partial charge in [0, 0.05) is 12.5 Å². The molecule has 0 bridgehead atoms. The molecule has 1 aromatic carbocycles. The van der Waals surface area contributed by atoms with E-state index in [-0.39, 0.29) is 6.04 Å². The Morgan fingerprint density at radius 2 is 2.26 bits per heavy atom. The van der Waals surface area contributed by atoms with E-state index < -0.39 is 19.1 Å². The van der Waals surface area contributed by atoms with Gasteiger partial charge in [-0.05, 0) is 23.6 Å². The molecule has 19 heavy (non-hydrogen) atoms. The molecule has 0 fully saturated rings. The highest BCUT2D eigenvalue weighted by atomic mass is 19.3. The molecule has 0 radical (unpaired) electrons. The molecular weight excluding hydrogens is 252 g/mol. The van der Waals surface area contributed by atoms with Crippen molar-refractivity contribution in [3.8, 4) is 5.75 Å². The molecule has 1 aromatic rings. The summed E-state index contributed by atoms with van der Waals surface area (Å²) in [6.45, 7) is 0.980. The fraction of sp³-hybridized carbons (Fsp3) is 0.571. The van der Waals surface area contributed by atoms with Gasteiger partial charge < -0.3 is 15.2 Å². The van der Waals surface area contributed by atoms with Crippen molar-refractivity contribution >= 4 is 0 Å². The van der Waals surface area contributed by atoms with Crippen LogP contribution in [-0.2, 0) is 6.42 Å². The van der Waals surface area contributed by atoms with Gasteiger partial charge in [0.1, 0.15) is 12.4 Å². The molecule has 2 rings (SSSR count). The van der Waals surface area contributed by atoms with E-state index in [2.05, 4.69) is 5.32 Å². The molecule has 1 atom stereocenters. The molecule has 1 unspecified atom stereocenters. The quantitative estimate of drug-likeness (QED) is 0.834. The number of aliphatic hydroxyl groups is 1. The number of halogens is 2. The van der Waals surface area contributed by atoms with Gasteiger partial charge in [-0.15, -0.1) is 0 Å². The first-order valence-corrected chi connectivity index (χ1v) is 6.53. The number of benzene rings is 1. The fourth-order valence-electron chi connectivity index (χ4n) is 2.25. The highest BCUT2D eigenvalue weighted by Gasteiger charge is 2.28. The summed E-state index contributed by atoms with van der Waals surface area (Å²) >= 11 is 0. The Bertz CT molecular complexity index is 437. The number of nitrogens with one attached hydrogen (secondary N) is 1. The third-order valence-corrected chi connectivity index (χ3v) is 3.36.